The van der Waals surface area contributed by atoms with Crippen LogP contribution in [0.3, 0.4) is 0 Å². The summed E-state index contributed by atoms with van der Waals surface area (Å²) in [6.45, 7) is 1.50. The molecule has 0 atom stereocenters. The van der Waals surface area contributed by atoms with Crippen molar-refractivity contribution in [3.63, 3.8) is 0 Å². The molecule has 100 valence electrons. The SMILES string of the molecule is CC(=O)c1ccc(NC(=O)C=Cc2cccnc2)cc1. The largest absolute Gasteiger partial charge is 0.323 e. The first-order valence-electron chi connectivity index (χ1n) is 6.15. The summed E-state index contributed by atoms with van der Waals surface area (Å²) in [5, 5.41) is 2.72. The lowest BCUT2D eigenvalue weighted by Crippen LogP contribution is -2.07. The number of hydrogen-bond donors (Lipinski definition) is 1. The van der Waals surface area contributed by atoms with Crippen molar-refractivity contribution in [3.05, 3.63) is 66.0 Å². The number of anilines is 1. The van der Waals surface area contributed by atoms with Crippen LogP contribution < -0.4 is 5.32 Å². The topological polar surface area (TPSA) is 59.1 Å². The molecule has 2 rings (SSSR count). The van der Waals surface area contributed by atoms with Crippen LogP contribution >= 0.6 is 0 Å². The normalized spacial score (nSPS) is 10.4. The number of amides is 1. The van der Waals surface area contributed by atoms with Crippen LogP contribution in [0.25, 0.3) is 6.08 Å². The van der Waals surface area contributed by atoms with Crippen LogP contribution in [0.1, 0.15) is 22.8 Å². The molecule has 0 radical (unpaired) electrons. The summed E-state index contributed by atoms with van der Waals surface area (Å²) in [4.78, 5) is 26.8. The zero-order chi connectivity index (χ0) is 14.4. The van der Waals surface area contributed by atoms with Crippen molar-refractivity contribution in [3.8, 4) is 0 Å². The molecule has 4 heteroatoms. The summed E-state index contributed by atoms with van der Waals surface area (Å²) in [5.74, 6) is -0.233. The van der Waals surface area contributed by atoms with E-state index >= 15 is 0 Å². The zero-order valence-electron chi connectivity index (χ0n) is 11.0. The molecular weight excluding hydrogens is 252 g/mol. The van der Waals surface area contributed by atoms with E-state index in [2.05, 4.69) is 10.3 Å². The lowest BCUT2D eigenvalue weighted by Gasteiger charge is -2.02. The van der Waals surface area contributed by atoms with Gasteiger partial charge in [0.1, 0.15) is 0 Å². The molecule has 0 saturated carbocycles. The Balaban J connectivity index is 1.98. The molecule has 2 aromatic rings. The Labute approximate surface area is 117 Å². The summed E-state index contributed by atoms with van der Waals surface area (Å²) in [5.41, 5.74) is 2.12. The molecule has 0 aliphatic carbocycles. The van der Waals surface area contributed by atoms with Crippen molar-refractivity contribution in [2.45, 2.75) is 6.92 Å². The molecule has 1 N–H and O–H groups in total. The van der Waals surface area contributed by atoms with Gasteiger partial charge in [-0.2, -0.15) is 0 Å². The number of nitrogens with one attached hydrogen (secondary N) is 1. The predicted octanol–water partition coefficient (Wildman–Crippen LogP) is 2.94. The first kappa shape index (κ1) is 13.7. The first-order valence-corrected chi connectivity index (χ1v) is 6.15. The van der Waals surface area contributed by atoms with Gasteiger partial charge < -0.3 is 5.32 Å². The molecule has 1 amide bonds. The van der Waals surface area contributed by atoms with E-state index in [9.17, 15) is 9.59 Å². The highest BCUT2D eigenvalue weighted by molar-refractivity contribution is 6.02. The van der Waals surface area contributed by atoms with Crippen LogP contribution in [-0.4, -0.2) is 16.7 Å². The van der Waals surface area contributed by atoms with Crippen LogP contribution in [0.2, 0.25) is 0 Å². The van der Waals surface area contributed by atoms with Crippen LogP contribution in [-0.2, 0) is 4.79 Å². The smallest absolute Gasteiger partial charge is 0.248 e. The maximum absolute atomic E-state index is 11.7. The Morgan fingerprint density at radius 2 is 1.90 bits per heavy atom. The van der Waals surface area contributed by atoms with Crippen molar-refractivity contribution < 1.29 is 9.59 Å². The van der Waals surface area contributed by atoms with Gasteiger partial charge in [0.05, 0.1) is 0 Å². The molecule has 0 unspecified atom stereocenters. The number of Topliss-reactive ketones (excluding diaryl/α,β-unsaturated/α-hetero) is 1. The minimum atomic E-state index is -0.232. The third-order valence-corrected chi connectivity index (χ3v) is 2.67. The lowest BCUT2D eigenvalue weighted by molar-refractivity contribution is -0.111. The minimum absolute atomic E-state index is 0.000602. The van der Waals surface area contributed by atoms with Crippen molar-refractivity contribution in [2.24, 2.45) is 0 Å². The van der Waals surface area contributed by atoms with Gasteiger partial charge in [0.15, 0.2) is 5.78 Å². The molecule has 0 aliphatic heterocycles. The molecule has 1 heterocycles. The van der Waals surface area contributed by atoms with Gasteiger partial charge in [-0.3, -0.25) is 14.6 Å². The fourth-order valence-corrected chi connectivity index (χ4v) is 1.62. The summed E-state index contributed by atoms with van der Waals surface area (Å²) >= 11 is 0. The quantitative estimate of drug-likeness (QED) is 0.683. The van der Waals surface area contributed by atoms with Crippen LogP contribution in [0.5, 0.6) is 0 Å². The standard InChI is InChI=1S/C16H14N2O2/c1-12(19)14-5-7-15(8-6-14)18-16(20)9-4-13-3-2-10-17-11-13/h2-11H,1H3,(H,18,20). The number of carbonyl (C=O) groups excluding carboxylic acids is 2. The fraction of sp³-hybridized carbons (Fsp3) is 0.0625. The van der Waals surface area contributed by atoms with Gasteiger partial charge >= 0.3 is 0 Å². The van der Waals surface area contributed by atoms with Gasteiger partial charge in [-0.05, 0) is 48.9 Å². The number of nitrogens with zero attached hydrogens (tertiary/aromatic N) is 1. The van der Waals surface area contributed by atoms with Gasteiger partial charge in [0.2, 0.25) is 5.91 Å². The number of ketones is 1. The van der Waals surface area contributed by atoms with Gasteiger partial charge in [0, 0.05) is 29.7 Å². The van der Waals surface area contributed by atoms with Gasteiger partial charge in [-0.15, -0.1) is 0 Å². The summed E-state index contributed by atoms with van der Waals surface area (Å²) in [7, 11) is 0. The number of aromatic nitrogens is 1. The highest BCUT2D eigenvalue weighted by Gasteiger charge is 2.00. The Bertz CT molecular complexity index is 631. The predicted molar refractivity (Wildman–Crippen MR) is 78.3 cm³/mol. The van der Waals surface area contributed by atoms with Crippen LogP contribution in [0, 0.1) is 0 Å². The van der Waals surface area contributed by atoms with E-state index in [1.165, 1.54) is 13.0 Å². The van der Waals surface area contributed by atoms with Crippen molar-refractivity contribution in [1.29, 1.82) is 0 Å². The highest BCUT2D eigenvalue weighted by Crippen LogP contribution is 2.10. The molecule has 20 heavy (non-hydrogen) atoms. The van der Waals surface area contributed by atoms with E-state index in [-0.39, 0.29) is 11.7 Å². The van der Waals surface area contributed by atoms with E-state index in [0.29, 0.717) is 11.3 Å². The molecule has 0 fully saturated rings. The maximum atomic E-state index is 11.7. The molecule has 0 spiro atoms. The molecule has 1 aromatic carbocycles. The van der Waals surface area contributed by atoms with Crippen molar-refractivity contribution >= 4 is 23.5 Å². The van der Waals surface area contributed by atoms with Crippen LogP contribution in [0.15, 0.2) is 54.9 Å². The van der Waals surface area contributed by atoms with Crippen molar-refractivity contribution in [1.82, 2.24) is 4.98 Å². The number of pyridine rings is 1. The molecule has 0 saturated heterocycles. The third-order valence-electron chi connectivity index (χ3n) is 2.67. The average molecular weight is 266 g/mol. The highest BCUT2D eigenvalue weighted by atomic mass is 16.1. The third kappa shape index (κ3) is 3.88. The average Bonchev–Trinajstić information content (AvgIpc) is 2.47. The summed E-state index contributed by atoms with van der Waals surface area (Å²) in [6, 6.07) is 10.4. The van der Waals surface area contributed by atoms with Crippen molar-refractivity contribution in [2.75, 3.05) is 5.32 Å². The monoisotopic (exact) mass is 266 g/mol. The fourth-order valence-electron chi connectivity index (χ4n) is 1.62. The second-order valence-corrected chi connectivity index (χ2v) is 4.24. The molecule has 1 aromatic heterocycles. The van der Waals surface area contributed by atoms with E-state index in [1.54, 1.807) is 48.8 Å². The Morgan fingerprint density at radius 1 is 1.15 bits per heavy atom. The Hall–Kier alpha value is -2.75. The number of benzene rings is 1. The van der Waals surface area contributed by atoms with Crippen LogP contribution in [0.4, 0.5) is 5.69 Å². The Morgan fingerprint density at radius 3 is 2.50 bits per heavy atom. The van der Waals surface area contributed by atoms with E-state index < -0.39 is 0 Å². The van der Waals surface area contributed by atoms with E-state index in [4.69, 9.17) is 0 Å². The van der Waals surface area contributed by atoms with Gasteiger partial charge in [-0.1, -0.05) is 6.07 Å². The van der Waals surface area contributed by atoms with E-state index in [1.807, 2.05) is 6.07 Å². The second kappa shape index (κ2) is 6.43. The minimum Gasteiger partial charge on any atom is -0.323 e. The van der Waals surface area contributed by atoms with Gasteiger partial charge in [0.25, 0.3) is 0 Å². The lowest BCUT2D eigenvalue weighted by atomic mass is 10.1. The van der Waals surface area contributed by atoms with E-state index in [0.717, 1.165) is 5.56 Å². The number of hydrogen-bond acceptors (Lipinski definition) is 3. The van der Waals surface area contributed by atoms with Gasteiger partial charge in [-0.25, -0.2) is 0 Å². The second-order valence-electron chi connectivity index (χ2n) is 4.24. The number of carbonyl (C=O) groups is 2. The molecule has 0 aliphatic rings. The molecular formula is C16H14N2O2. The maximum Gasteiger partial charge on any atom is 0.248 e. The molecule has 4 nitrogen and oxygen atoms in total. The summed E-state index contributed by atoms with van der Waals surface area (Å²) < 4.78 is 0. The Kier molecular flexibility index (Phi) is 4.39. The zero-order valence-corrected chi connectivity index (χ0v) is 11.0. The first-order chi connectivity index (χ1) is 9.65. The number of rotatable bonds is 4. The molecule has 0 bridgehead atoms. The summed E-state index contributed by atoms with van der Waals surface area (Å²) in [6.07, 6.45) is 6.47.